The van der Waals surface area contributed by atoms with Gasteiger partial charge in [-0.25, -0.2) is 0 Å². The fraction of sp³-hybridized carbons (Fsp3) is 0.500. The maximum absolute atomic E-state index is 5.40. The second-order valence-corrected chi connectivity index (χ2v) is 4.47. The van der Waals surface area contributed by atoms with Crippen molar-refractivity contribution in [2.45, 2.75) is 32.2 Å². The van der Waals surface area contributed by atoms with E-state index in [0.717, 1.165) is 5.75 Å². The Morgan fingerprint density at radius 3 is 2.71 bits per heavy atom. The van der Waals surface area contributed by atoms with Gasteiger partial charge in [0.05, 0.1) is 7.11 Å². The van der Waals surface area contributed by atoms with E-state index in [9.17, 15) is 0 Å². The molecule has 2 rings (SSSR count). The summed E-state index contributed by atoms with van der Waals surface area (Å²) in [5.74, 6) is 0.990. The van der Waals surface area contributed by atoms with Crippen LogP contribution in [0.5, 0.6) is 5.75 Å². The number of fused-ring (bicyclic) bond motifs is 1. The third-order valence-corrected chi connectivity index (χ3v) is 3.35. The summed E-state index contributed by atoms with van der Waals surface area (Å²) >= 11 is 0. The summed E-state index contributed by atoms with van der Waals surface area (Å²) in [6.45, 7) is 6.71. The molecule has 2 nitrogen and oxygen atoms in total. The maximum atomic E-state index is 5.40. The first-order valence-corrected chi connectivity index (χ1v) is 5.01. The molecular formula is C12H17NO. The maximum Gasteiger partial charge on any atom is 0.124 e. The Morgan fingerprint density at radius 2 is 2.07 bits per heavy atom. The van der Waals surface area contributed by atoms with Crippen molar-refractivity contribution in [2.75, 3.05) is 12.4 Å². The van der Waals surface area contributed by atoms with Gasteiger partial charge in [-0.1, -0.05) is 19.9 Å². The number of methoxy groups -OCH3 is 1. The highest BCUT2D eigenvalue weighted by molar-refractivity contribution is 5.66. The van der Waals surface area contributed by atoms with Gasteiger partial charge in [0.25, 0.3) is 0 Å². The minimum absolute atomic E-state index is 0.141. The molecule has 1 aromatic carbocycles. The van der Waals surface area contributed by atoms with Gasteiger partial charge in [0.2, 0.25) is 0 Å². The molecule has 0 amide bonds. The summed E-state index contributed by atoms with van der Waals surface area (Å²) in [5, 5.41) is 3.48. The molecule has 1 atom stereocenters. The molecule has 0 radical (unpaired) electrons. The van der Waals surface area contributed by atoms with Gasteiger partial charge in [-0.15, -0.1) is 0 Å². The van der Waals surface area contributed by atoms with E-state index < -0.39 is 0 Å². The van der Waals surface area contributed by atoms with Crippen molar-refractivity contribution >= 4 is 5.69 Å². The molecule has 1 heterocycles. The molecule has 0 fully saturated rings. The van der Waals surface area contributed by atoms with Crippen molar-refractivity contribution in [3.05, 3.63) is 23.8 Å². The van der Waals surface area contributed by atoms with Crippen LogP contribution >= 0.6 is 0 Å². The summed E-state index contributed by atoms with van der Waals surface area (Å²) in [5.41, 5.74) is 2.65. The van der Waals surface area contributed by atoms with Crippen LogP contribution in [0.15, 0.2) is 18.2 Å². The zero-order valence-corrected chi connectivity index (χ0v) is 9.22. The molecule has 76 valence electrons. The van der Waals surface area contributed by atoms with Crippen LogP contribution in [0.1, 0.15) is 26.3 Å². The van der Waals surface area contributed by atoms with Gasteiger partial charge < -0.3 is 10.1 Å². The van der Waals surface area contributed by atoms with E-state index in [1.807, 2.05) is 12.1 Å². The smallest absolute Gasteiger partial charge is 0.124 e. The third kappa shape index (κ3) is 1.10. The third-order valence-electron chi connectivity index (χ3n) is 3.35. The van der Waals surface area contributed by atoms with Gasteiger partial charge >= 0.3 is 0 Å². The van der Waals surface area contributed by atoms with Gasteiger partial charge in [-0.05, 0) is 19.1 Å². The Morgan fingerprint density at radius 1 is 1.36 bits per heavy atom. The van der Waals surface area contributed by atoms with Crippen LogP contribution in [-0.2, 0) is 5.41 Å². The summed E-state index contributed by atoms with van der Waals surface area (Å²) in [4.78, 5) is 0. The van der Waals surface area contributed by atoms with Crippen molar-refractivity contribution < 1.29 is 4.74 Å². The number of nitrogens with one attached hydrogen (secondary N) is 1. The second-order valence-electron chi connectivity index (χ2n) is 4.47. The van der Waals surface area contributed by atoms with Crippen LogP contribution < -0.4 is 10.1 Å². The number of benzene rings is 1. The number of rotatable bonds is 1. The molecule has 0 aliphatic carbocycles. The van der Waals surface area contributed by atoms with Crippen LogP contribution in [0.25, 0.3) is 0 Å². The molecule has 0 bridgehead atoms. The van der Waals surface area contributed by atoms with E-state index in [2.05, 4.69) is 32.2 Å². The lowest BCUT2D eigenvalue weighted by Gasteiger charge is -2.25. The number of anilines is 1. The number of ether oxygens (including phenoxy) is 1. The first-order valence-electron chi connectivity index (χ1n) is 5.01. The van der Waals surface area contributed by atoms with Crippen LogP contribution in [0.4, 0.5) is 5.69 Å². The van der Waals surface area contributed by atoms with Crippen molar-refractivity contribution in [1.29, 1.82) is 0 Å². The monoisotopic (exact) mass is 191 g/mol. The lowest BCUT2D eigenvalue weighted by Crippen LogP contribution is -2.30. The molecule has 1 N–H and O–H groups in total. The summed E-state index contributed by atoms with van der Waals surface area (Å²) in [6, 6.07) is 6.62. The Kier molecular flexibility index (Phi) is 1.95. The van der Waals surface area contributed by atoms with Gasteiger partial charge in [0.1, 0.15) is 5.75 Å². The average molecular weight is 191 g/mol. The largest absolute Gasteiger partial charge is 0.496 e. The minimum Gasteiger partial charge on any atom is -0.496 e. The van der Waals surface area contributed by atoms with E-state index in [-0.39, 0.29) is 5.41 Å². The Labute approximate surface area is 85.3 Å². The lowest BCUT2D eigenvalue weighted by atomic mass is 9.81. The van der Waals surface area contributed by atoms with E-state index in [1.54, 1.807) is 7.11 Å². The molecule has 14 heavy (non-hydrogen) atoms. The predicted molar refractivity (Wildman–Crippen MR) is 59.1 cm³/mol. The molecule has 1 unspecified atom stereocenters. The Bertz CT molecular complexity index is 357. The van der Waals surface area contributed by atoms with Crippen LogP contribution in [0, 0.1) is 0 Å². The second kappa shape index (κ2) is 2.91. The zero-order chi connectivity index (χ0) is 10.3. The lowest BCUT2D eigenvalue weighted by molar-refractivity contribution is 0.390. The first-order chi connectivity index (χ1) is 6.57. The van der Waals surface area contributed by atoms with Crippen molar-refractivity contribution in [3.63, 3.8) is 0 Å². The molecule has 0 spiro atoms. The molecule has 1 aliphatic heterocycles. The topological polar surface area (TPSA) is 21.3 Å². The standard InChI is InChI=1S/C12H17NO/c1-8-12(2,3)11-9(13-8)6-5-7-10(11)14-4/h5-8,13H,1-4H3. The average Bonchev–Trinajstić information content (AvgIpc) is 2.38. The molecule has 0 aromatic heterocycles. The van der Waals surface area contributed by atoms with Gasteiger partial charge in [0.15, 0.2) is 0 Å². The van der Waals surface area contributed by atoms with E-state index in [1.165, 1.54) is 11.3 Å². The summed E-state index contributed by atoms with van der Waals surface area (Å²) in [6.07, 6.45) is 0. The highest BCUT2D eigenvalue weighted by Gasteiger charge is 2.38. The van der Waals surface area contributed by atoms with Crippen LogP contribution in [0.3, 0.4) is 0 Å². The molecule has 0 saturated heterocycles. The molecule has 1 aromatic rings. The number of hydrogen-bond donors (Lipinski definition) is 1. The Balaban J connectivity index is 2.60. The fourth-order valence-corrected chi connectivity index (χ4v) is 2.12. The highest BCUT2D eigenvalue weighted by Crippen LogP contribution is 2.45. The minimum atomic E-state index is 0.141. The fourth-order valence-electron chi connectivity index (χ4n) is 2.12. The SMILES string of the molecule is COc1cccc2c1C(C)(C)C(C)N2. The van der Waals surface area contributed by atoms with Crippen molar-refractivity contribution in [1.82, 2.24) is 0 Å². The van der Waals surface area contributed by atoms with Crippen LogP contribution in [-0.4, -0.2) is 13.2 Å². The van der Waals surface area contributed by atoms with E-state index in [0.29, 0.717) is 6.04 Å². The Hall–Kier alpha value is -1.18. The number of hydrogen-bond acceptors (Lipinski definition) is 2. The molecule has 2 heteroatoms. The predicted octanol–water partition coefficient (Wildman–Crippen LogP) is 2.79. The van der Waals surface area contributed by atoms with Gasteiger partial charge in [0, 0.05) is 22.7 Å². The van der Waals surface area contributed by atoms with Crippen LogP contribution in [0.2, 0.25) is 0 Å². The normalized spacial score (nSPS) is 22.7. The first kappa shape index (κ1) is 9.38. The van der Waals surface area contributed by atoms with E-state index in [4.69, 9.17) is 4.74 Å². The highest BCUT2D eigenvalue weighted by atomic mass is 16.5. The molecule has 1 aliphatic rings. The van der Waals surface area contributed by atoms with E-state index >= 15 is 0 Å². The summed E-state index contributed by atoms with van der Waals surface area (Å²) in [7, 11) is 1.73. The molecular weight excluding hydrogens is 174 g/mol. The van der Waals surface area contributed by atoms with Crippen molar-refractivity contribution in [2.24, 2.45) is 0 Å². The van der Waals surface area contributed by atoms with Gasteiger partial charge in [-0.3, -0.25) is 0 Å². The van der Waals surface area contributed by atoms with Gasteiger partial charge in [-0.2, -0.15) is 0 Å². The zero-order valence-electron chi connectivity index (χ0n) is 9.22. The molecule has 0 saturated carbocycles. The summed E-state index contributed by atoms with van der Waals surface area (Å²) < 4.78 is 5.40. The quantitative estimate of drug-likeness (QED) is 0.737. The van der Waals surface area contributed by atoms with Crippen molar-refractivity contribution in [3.8, 4) is 5.75 Å².